The Hall–Kier alpha value is -3.88. The van der Waals surface area contributed by atoms with Gasteiger partial charge in [-0.05, 0) is 35.9 Å². The maximum absolute atomic E-state index is 13.1. The standard InChI is InChI=1S/C20H16FN5O3/c21-15-5-3-14(4-6-15)17-18-19(29-25-17)20(28)26(12-24-18)9-7-16(27)23-11-13-2-1-8-22-10-13/h1-6,8,10,12H,7,9,11H2,(H,23,27). The number of hydrogen-bond acceptors (Lipinski definition) is 6. The summed E-state index contributed by atoms with van der Waals surface area (Å²) in [5.74, 6) is -0.580. The normalized spacial score (nSPS) is 10.9. The SMILES string of the molecule is O=C(CCn1cnc2c(-c3ccc(F)cc3)noc2c1=O)NCc1cccnc1. The molecule has 0 aliphatic carbocycles. The highest BCUT2D eigenvalue weighted by Crippen LogP contribution is 2.24. The predicted molar refractivity (Wildman–Crippen MR) is 102 cm³/mol. The molecule has 29 heavy (non-hydrogen) atoms. The van der Waals surface area contributed by atoms with Crippen molar-refractivity contribution in [2.45, 2.75) is 19.5 Å². The van der Waals surface area contributed by atoms with Crippen LogP contribution in [0.15, 0.2) is 64.4 Å². The second-order valence-electron chi connectivity index (χ2n) is 6.35. The summed E-state index contributed by atoms with van der Waals surface area (Å²) in [7, 11) is 0. The van der Waals surface area contributed by atoms with Crippen molar-refractivity contribution in [1.82, 2.24) is 25.0 Å². The molecule has 146 valence electrons. The Kier molecular flexibility index (Phi) is 5.10. The summed E-state index contributed by atoms with van der Waals surface area (Å²) in [6, 6.07) is 9.30. The summed E-state index contributed by atoms with van der Waals surface area (Å²) in [5, 5.41) is 6.67. The average molecular weight is 393 g/mol. The third-order valence-corrected chi connectivity index (χ3v) is 4.36. The van der Waals surface area contributed by atoms with Crippen molar-refractivity contribution in [3.63, 3.8) is 0 Å². The Labute approximate surface area is 164 Å². The third kappa shape index (κ3) is 4.03. The first-order chi connectivity index (χ1) is 14.1. The summed E-state index contributed by atoms with van der Waals surface area (Å²) >= 11 is 0. The Morgan fingerprint density at radius 3 is 2.79 bits per heavy atom. The molecule has 0 atom stereocenters. The number of amides is 1. The molecule has 0 fully saturated rings. The fraction of sp³-hybridized carbons (Fsp3) is 0.150. The van der Waals surface area contributed by atoms with E-state index in [9.17, 15) is 14.0 Å². The van der Waals surface area contributed by atoms with E-state index in [2.05, 4.69) is 20.4 Å². The molecule has 0 saturated carbocycles. The van der Waals surface area contributed by atoms with E-state index >= 15 is 0 Å². The molecule has 0 spiro atoms. The van der Waals surface area contributed by atoms with Crippen LogP contribution < -0.4 is 10.9 Å². The van der Waals surface area contributed by atoms with Gasteiger partial charge in [0.2, 0.25) is 5.91 Å². The number of pyridine rings is 1. The third-order valence-electron chi connectivity index (χ3n) is 4.36. The zero-order chi connectivity index (χ0) is 20.2. The molecule has 0 aliphatic heterocycles. The Balaban J connectivity index is 1.46. The van der Waals surface area contributed by atoms with Gasteiger partial charge in [-0.25, -0.2) is 9.37 Å². The zero-order valence-electron chi connectivity index (χ0n) is 15.2. The van der Waals surface area contributed by atoms with Crippen molar-refractivity contribution in [1.29, 1.82) is 0 Å². The number of halogens is 1. The Morgan fingerprint density at radius 2 is 2.03 bits per heavy atom. The van der Waals surface area contributed by atoms with E-state index in [1.54, 1.807) is 18.5 Å². The van der Waals surface area contributed by atoms with Crippen LogP contribution in [-0.4, -0.2) is 25.6 Å². The number of nitrogens with zero attached hydrogens (tertiary/aromatic N) is 4. The lowest BCUT2D eigenvalue weighted by atomic mass is 10.1. The summed E-state index contributed by atoms with van der Waals surface area (Å²) < 4.78 is 19.6. The van der Waals surface area contributed by atoms with Crippen LogP contribution in [0.3, 0.4) is 0 Å². The van der Waals surface area contributed by atoms with Crippen molar-refractivity contribution < 1.29 is 13.7 Å². The maximum Gasteiger partial charge on any atom is 0.299 e. The number of rotatable bonds is 6. The highest BCUT2D eigenvalue weighted by molar-refractivity contribution is 5.87. The van der Waals surface area contributed by atoms with E-state index in [1.807, 2.05) is 6.07 Å². The Morgan fingerprint density at radius 1 is 1.21 bits per heavy atom. The molecular weight excluding hydrogens is 377 g/mol. The van der Waals surface area contributed by atoms with Gasteiger partial charge in [-0.1, -0.05) is 11.2 Å². The molecule has 1 amide bonds. The molecular formula is C20H16FN5O3. The van der Waals surface area contributed by atoms with Crippen LogP contribution >= 0.6 is 0 Å². The fourth-order valence-electron chi connectivity index (χ4n) is 2.83. The first kappa shape index (κ1) is 18.5. The van der Waals surface area contributed by atoms with Crippen LogP contribution in [0.25, 0.3) is 22.4 Å². The van der Waals surface area contributed by atoms with E-state index in [0.29, 0.717) is 23.3 Å². The topological polar surface area (TPSA) is 103 Å². The van der Waals surface area contributed by atoms with Crippen LogP contribution in [-0.2, 0) is 17.9 Å². The molecule has 4 rings (SSSR count). The van der Waals surface area contributed by atoms with Gasteiger partial charge in [0.15, 0.2) is 0 Å². The van der Waals surface area contributed by atoms with Gasteiger partial charge in [-0.2, -0.15) is 0 Å². The molecule has 0 bridgehead atoms. The van der Waals surface area contributed by atoms with Gasteiger partial charge in [-0.15, -0.1) is 0 Å². The number of carbonyl (C=O) groups excluding carboxylic acids is 1. The lowest BCUT2D eigenvalue weighted by Gasteiger charge is -2.06. The van der Waals surface area contributed by atoms with E-state index in [-0.39, 0.29) is 30.3 Å². The molecule has 3 heterocycles. The van der Waals surface area contributed by atoms with Crippen molar-refractivity contribution in [2.75, 3.05) is 0 Å². The second-order valence-corrected chi connectivity index (χ2v) is 6.35. The van der Waals surface area contributed by atoms with E-state index in [1.165, 1.54) is 35.2 Å². The van der Waals surface area contributed by atoms with Gasteiger partial charge in [0.1, 0.15) is 17.0 Å². The Bertz CT molecular complexity index is 1200. The van der Waals surface area contributed by atoms with Crippen molar-refractivity contribution in [3.8, 4) is 11.3 Å². The number of aromatic nitrogens is 4. The molecule has 0 unspecified atom stereocenters. The molecule has 0 aliphatic rings. The van der Waals surface area contributed by atoms with Crippen molar-refractivity contribution in [2.24, 2.45) is 0 Å². The predicted octanol–water partition coefficient (Wildman–Crippen LogP) is 2.29. The molecule has 8 nitrogen and oxygen atoms in total. The first-order valence-corrected chi connectivity index (χ1v) is 8.88. The van der Waals surface area contributed by atoms with Gasteiger partial charge in [0.25, 0.3) is 11.1 Å². The minimum Gasteiger partial charge on any atom is -0.352 e. The van der Waals surface area contributed by atoms with Crippen molar-refractivity contribution in [3.05, 3.63) is 76.9 Å². The first-order valence-electron chi connectivity index (χ1n) is 8.88. The zero-order valence-corrected chi connectivity index (χ0v) is 15.2. The van der Waals surface area contributed by atoms with Gasteiger partial charge in [0, 0.05) is 37.5 Å². The smallest absolute Gasteiger partial charge is 0.299 e. The molecule has 1 aromatic carbocycles. The summed E-state index contributed by atoms with van der Waals surface area (Å²) in [4.78, 5) is 32.9. The fourth-order valence-corrected chi connectivity index (χ4v) is 2.83. The van der Waals surface area contributed by atoms with E-state index in [4.69, 9.17) is 4.52 Å². The highest BCUT2D eigenvalue weighted by Gasteiger charge is 2.16. The number of aryl methyl sites for hydroxylation is 1. The number of carbonyl (C=O) groups is 1. The van der Waals surface area contributed by atoms with Crippen LogP contribution in [0.5, 0.6) is 0 Å². The molecule has 4 aromatic rings. The minimum absolute atomic E-state index is 0.0115. The lowest BCUT2D eigenvalue weighted by Crippen LogP contribution is -2.27. The molecule has 0 saturated heterocycles. The quantitative estimate of drug-likeness (QED) is 0.539. The maximum atomic E-state index is 13.1. The monoisotopic (exact) mass is 393 g/mol. The summed E-state index contributed by atoms with van der Waals surface area (Å²) in [6.07, 6.45) is 4.78. The van der Waals surface area contributed by atoms with E-state index < -0.39 is 5.56 Å². The van der Waals surface area contributed by atoms with Gasteiger partial charge in [-0.3, -0.25) is 19.1 Å². The van der Waals surface area contributed by atoms with Gasteiger partial charge in [0.05, 0.1) is 6.33 Å². The number of fused-ring (bicyclic) bond motifs is 1. The molecule has 3 aromatic heterocycles. The molecule has 1 N–H and O–H groups in total. The molecule has 9 heteroatoms. The lowest BCUT2D eigenvalue weighted by molar-refractivity contribution is -0.121. The highest BCUT2D eigenvalue weighted by atomic mass is 19.1. The van der Waals surface area contributed by atoms with Gasteiger partial charge < -0.3 is 9.84 Å². The van der Waals surface area contributed by atoms with Gasteiger partial charge >= 0.3 is 0 Å². The van der Waals surface area contributed by atoms with E-state index in [0.717, 1.165) is 5.56 Å². The van der Waals surface area contributed by atoms with Crippen LogP contribution in [0.4, 0.5) is 4.39 Å². The van der Waals surface area contributed by atoms with Crippen molar-refractivity contribution >= 4 is 17.0 Å². The number of benzene rings is 1. The van der Waals surface area contributed by atoms with Crippen LogP contribution in [0, 0.1) is 5.82 Å². The number of hydrogen-bond donors (Lipinski definition) is 1. The summed E-state index contributed by atoms with van der Waals surface area (Å²) in [5.41, 5.74) is 1.68. The minimum atomic E-state index is -0.434. The number of nitrogens with one attached hydrogen (secondary N) is 1. The summed E-state index contributed by atoms with van der Waals surface area (Å²) in [6.45, 7) is 0.509. The largest absolute Gasteiger partial charge is 0.352 e. The molecule has 0 radical (unpaired) electrons. The second kappa shape index (κ2) is 8.01. The van der Waals surface area contributed by atoms with Crippen LogP contribution in [0.1, 0.15) is 12.0 Å². The van der Waals surface area contributed by atoms with Crippen LogP contribution in [0.2, 0.25) is 0 Å². The average Bonchev–Trinajstić information content (AvgIpc) is 3.18.